The Bertz CT molecular complexity index is 333. The third-order valence-electron chi connectivity index (χ3n) is 3.28. The van der Waals surface area contributed by atoms with E-state index in [1.807, 2.05) is 0 Å². The molecule has 1 aromatic carbocycles. The summed E-state index contributed by atoms with van der Waals surface area (Å²) in [5, 5.41) is 0. The van der Waals surface area contributed by atoms with Crippen LogP contribution in [0.15, 0.2) is 22.7 Å². The minimum absolute atomic E-state index is 0.260. The lowest BCUT2D eigenvalue weighted by molar-refractivity contribution is 0.556. The Labute approximate surface area is 93.8 Å². The molecule has 0 aromatic heterocycles. The zero-order valence-electron chi connectivity index (χ0n) is 8.68. The van der Waals surface area contributed by atoms with Gasteiger partial charge in [0, 0.05) is 15.9 Å². The summed E-state index contributed by atoms with van der Waals surface area (Å²) >= 11 is 3.54. The van der Waals surface area contributed by atoms with Gasteiger partial charge in [0.05, 0.1) is 0 Å². The van der Waals surface area contributed by atoms with Gasteiger partial charge in [0.2, 0.25) is 0 Å². The molecule has 1 saturated carbocycles. The average Bonchev–Trinajstić information content (AvgIpc) is 2.81. The third kappa shape index (κ3) is 1.61. The average molecular weight is 254 g/mol. The highest BCUT2D eigenvalue weighted by molar-refractivity contribution is 9.10. The van der Waals surface area contributed by atoms with E-state index in [2.05, 4.69) is 48.0 Å². The standard InChI is InChI=1S/C12H16BrN/c1-8-5-10(7-11(13)6-8)12(3-4-12)9(2)14/h5-7,9H,3-4,14H2,1-2H3. The Hall–Kier alpha value is -0.340. The first kappa shape index (κ1) is 10.2. The number of nitrogens with two attached hydrogens (primary N) is 1. The van der Waals surface area contributed by atoms with Crippen LogP contribution in [0.3, 0.4) is 0 Å². The Morgan fingerprint density at radius 2 is 2.00 bits per heavy atom. The van der Waals surface area contributed by atoms with Gasteiger partial charge in [-0.05, 0) is 49.9 Å². The van der Waals surface area contributed by atoms with Gasteiger partial charge in [-0.15, -0.1) is 0 Å². The molecule has 0 amide bonds. The van der Waals surface area contributed by atoms with Crippen LogP contribution in [0.4, 0.5) is 0 Å². The molecule has 0 bridgehead atoms. The van der Waals surface area contributed by atoms with E-state index in [4.69, 9.17) is 5.73 Å². The van der Waals surface area contributed by atoms with Crippen LogP contribution in [0, 0.1) is 6.92 Å². The highest BCUT2D eigenvalue weighted by Gasteiger charge is 2.47. The van der Waals surface area contributed by atoms with E-state index in [-0.39, 0.29) is 11.5 Å². The number of aryl methyl sites for hydroxylation is 1. The molecule has 0 heterocycles. The molecule has 14 heavy (non-hydrogen) atoms. The molecule has 1 atom stereocenters. The van der Waals surface area contributed by atoms with Crippen LogP contribution < -0.4 is 5.73 Å². The van der Waals surface area contributed by atoms with Crippen LogP contribution in [-0.2, 0) is 5.41 Å². The fraction of sp³-hybridized carbons (Fsp3) is 0.500. The molecule has 0 aliphatic heterocycles. The van der Waals surface area contributed by atoms with Crippen LogP contribution in [0.25, 0.3) is 0 Å². The summed E-state index contributed by atoms with van der Waals surface area (Å²) in [7, 11) is 0. The van der Waals surface area contributed by atoms with Crippen LogP contribution in [0.2, 0.25) is 0 Å². The minimum atomic E-state index is 0.260. The van der Waals surface area contributed by atoms with Crippen molar-refractivity contribution in [2.75, 3.05) is 0 Å². The normalized spacial score (nSPS) is 20.6. The molecule has 1 fully saturated rings. The first-order valence-corrected chi connectivity index (χ1v) is 5.87. The van der Waals surface area contributed by atoms with Gasteiger partial charge in [-0.1, -0.05) is 22.0 Å². The molecule has 1 aliphatic rings. The largest absolute Gasteiger partial charge is 0.327 e. The molecule has 1 aliphatic carbocycles. The third-order valence-corrected chi connectivity index (χ3v) is 3.74. The molecule has 0 radical (unpaired) electrons. The van der Waals surface area contributed by atoms with E-state index in [9.17, 15) is 0 Å². The summed E-state index contributed by atoms with van der Waals surface area (Å²) in [5.74, 6) is 0. The summed E-state index contributed by atoms with van der Waals surface area (Å²) in [6, 6.07) is 6.88. The van der Waals surface area contributed by atoms with Crippen molar-refractivity contribution in [1.82, 2.24) is 0 Å². The summed E-state index contributed by atoms with van der Waals surface area (Å²) < 4.78 is 1.17. The molecule has 1 nitrogen and oxygen atoms in total. The number of hydrogen-bond donors (Lipinski definition) is 1. The molecule has 2 heteroatoms. The quantitative estimate of drug-likeness (QED) is 0.862. The maximum atomic E-state index is 6.05. The van der Waals surface area contributed by atoms with Crippen LogP contribution in [-0.4, -0.2) is 6.04 Å². The molecule has 1 aromatic rings. The van der Waals surface area contributed by atoms with Crippen molar-refractivity contribution in [3.63, 3.8) is 0 Å². The van der Waals surface area contributed by atoms with E-state index >= 15 is 0 Å². The number of halogens is 1. The van der Waals surface area contributed by atoms with Crippen molar-refractivity contribution >= 4 is 15.9 Å². The van der Waals surface area contributed by atoms with Gasteiger partial charge >= 0.3 is 0 Å². The second-order valence-corrected chi connectivity index (χ2v) is 5.38. The van der Waals surface area contributed by atoms with Crippen molar-refractivity contribution in [1.29, 1.82) is 0 Å². The predicted octanol–water partition coefficient (Wildman–Crippen LogP) is 3.14. The summed E-state index contributed by atoms with van der Waals surface area (Å²) in [6.45, 7) is 4.24. The van der Waals surface area contributed by atoms with Crippen molar-refractivity contribution < 1.29 is 0 Å². The summed E-state index contributed by atoms with van der Waals surface area (Å²) in [4.78, 5) is 0. The predicted molar refractivity (Wildman–Crippen MR) is 63.4 cm³/mol. The molecule has 2 rings (SSSR count). The molecule has 2 N–H and O–H groups in total. The molecule has 0 saturated heterocycles. The van der Waals surface area contributed by atoms with E-state index < -0.39 is 0 Å². The number of hydrogen-bond acceptors (Lipinski definition) is 1. The maximum Gasteiger partial charge on any atom is 0.0180 e. The van der Waals surface area contributed by atoms with Gasteiger partial charge in [-0.2, -0.15) is 0 Å². The zero-order chi connectivity index (χ0) is 10.3. The van der Waals surface area contributed by atoms with E-state index in [1.54, 1.807) is 0 Å². The van der Waals surface area contributed by atoms with E-state index in [0.717, 1.165) is 0 Å². The zero-order valence-corrected chi connectivity index (χ0v) is 10.3. The number of benzene rings is 1. The summed E-state index contributed by atoms with van der Waals surface area (Å²) in [5.41, 5.74) is 9.03. The second-order valence-electron chi connectivity index (χ2n) is 4.46. The van der Waals surface area contributed by atoms with Gasteiger partial charge in [0.25, 0.3) is 0 Å². The monoisotopic (exact) mass is 253 g/mol. The summed E-state index contributed by atoms with van der Waals surface area (Å²) in [6.07, 6.45) is 2.47. The van der Waals surface area contributed by atoms with Crippen molar-refractivity contribution in [2.24, 2.45) is 5.73 Å². The lowest BCUT2D eigenvalue weighted by atomic mass is 9.89. The minimum Gasteiger partial charge on any atom is -0.327 e. The van der Waals surface area contributed by atoms with Crippen molar-refractivity contribution in [2.45, 2.75) is 38.1 Å². The van der Waals surface area contributed by atoms with Gasteiger partial charge in [-0.25, -0.2) is 0 Å². The van der Waals surface area contributed by atoms with Crippen LogP contribution >= 0.6 is 15.9 Å². The molecule has 1 unspecified atom stereocenters. The first-order chi connectivity index (χ1) is 6.54. The fourth-order valence-electron chi connectivity index (χ4n) is 2.17. The maximum absolute atomic E-state index is 6.05. The first-order valence-electron chi connectivity index (χ1n) is 5.08. The smallest absolute Gasteiger partial charge is 0.0180 e. The Balaban J connectivity index is 2.42. The Morgan fingerprint density at radius 3 is 2.43 bits per heavy atom. The highest BCUT2D eigenvalue weighted by atomic mass is 79.9. The lowest BCUT2D eigenvalue weighted by Gasteiger charge is -2.20. The highest BCUT2D eigenvalue weighted by Crippen LogP contribution is 2.50. The van der Waals surface area contributed by atoms with Gasteiger partial charge in [-0.3, -0.25) is 0 Å². The van der Waals surface area contributed by atoms with Gasteiger partial charge in [0.1, 0.15) is 0 Å². The molecule has 0 spiro atoms. The molecular formula is C12H16BrN. The molecule has 76 valence electrons. The van der Waals surface area contributed by atoms with Gasteiger partial charge in [0.15, 0.2) is 0 Å². The van der Waals surface area contributed by atoms with Crippen molar-refractivity contribution in [3.8, 4) is 0 Å². The van der Waals surface area contributed by atoms with Crippen LogP contribution in [0.5, 0.6) is 0 Å². The fourth-order valence-corrected chi connectivity index (χ4v) is 2.77. The number of rotatable bonds is 2. The van der Waals surface area contributed by atoms with E-state index in [0.29, 0.717) is 0 Å². The van der Waals surface area contributed by atoms with E-state index in [1.165, 1.54) is 28.4 Å². The van der Waals surface area contributed by atoms with Crippen molar-refractivity contribution in [3.05, 3.63) is 33.8 Å². The van der Waals surface area contributed by atoms with Crippen LogP contribution in [0.1, 0.15) is 30.9 Å². The lowest BCUT2D eigenvalue weighted by Crippen LogP contribution is -2.31. The van der Waals surface area contributed by atoms with Gasteiger partial charge < -0.3 is 5.73 Å². The Morgan fingerprint density at radius 1 is 1.36 bits per heavy atom. The SMILES string of the molecule is Cc1cc(Br)cc(C2(C(C)N)CC2)c1. The Kier molecular flexibility index (Phi) is 2.44. The topological polar surface area (TPSA) is 26.0 Å². The second kappa shape index (κ2) is 3.35. The molecular weight excluding hydrogens is 238 g/mol.